The minimum Gasteiger partial charge on any atom is -0.361 e. The molecule has 0 spiro atoms. The quantitative estimate of drug-likeness (QED) is 0.776. The number of amides is 1. The van der Waals surface area contributed by atoms with Crippen LogP contribution in [0.2, 0.25) is 0 Å². The van der Waals surface area contributed by atoms with Crippen LogP contribution in [0.15, 0.2) is 33.4 Å². The molecule has 3 rings (SSSR count). The molecule has 1 amide bonds. The molecule has 0 bridgehead atoms. The second-order valence-electron chi connectivity index (χ2n) is 4.52. The van der Waals surface area contributed by atoms with Gasteiger partial charge in [0.15, 0.2) is 5.69 Å². The summed E-state index contributed by atoms with van der Waals surface area (Å²) >= 11 is 0. The molecule has 0 unspecified atom stereocenters. The van der Waals surface area contributed by atoms with Gasteiger partial charge in [0, 0.05) is 19.3 Å². The van der Waals surface area contributed by atoms with Gasteiger partial charge >= 0.3 is 0 Å². The smallest absolute Gasteiger partial charge is 0.273 e. The van der Waals surface area contributed by atoms with Gasteiger partial charge in [0.05, 0.1) is 12.2 Å². The van der Waals surface area contributed by atoms with E-state index in [-0.39, 0.29) is 18.1 Å². The van der Waals surface area contributed by atoms with Crippen LogP contribution in [-0.4, -0.2) is 25.8 Å². The van der Waals surface area contributed by atoms with Crippen LogP contribution < -0.4 is 5.32 Å². The van der Waals surface area contributed by atoms with Crippen LogP contribution >= 0.6 is 0 Å². The maximum atomic E-state index is 11.8. The Hall–Kier alpha value is -2.90. The summed E-state index contributed by atoms with van der Waals surface area (Å²) in [6, 6.07) is 5.32. The van der Waals surface area contributed by atoms with Crippen molar-refractivity contribution < 1.29 is 13.8 Å². The van der Waals surface area contributed by atoms with Gasteiger partial charge in [-0.05, 0) is 19.1 Å². The SMILES string of the molecule is Cc1cc(C(=O)NCc2nc(-c3cccn3C)no2)no1. The molecule has 0 radical (unpaired) electrons. The maximum Gasteiger partial charge on any atom is 0.273 e. The van der Waals surface area contributed by atoms with Crippen molar-refractivity contribution in [3.63, 3.8) is 0 Å². The lowest BCUT2D eigenvalue weighted by Gasteiger charge is -1.97. The number of aryl methyl sites for hydroxylation is 2. The Morgan fingerprint density at radius 2 is 2.24 bits per heavy atom. The summed E-state index contributed by atoms with van der Waals surface area (Å²) in [6.07, 6.45) is 1.89. The molecule has 3 heterocycles. The van der Waals surface area contributed by atoms with Gasteiger partial charge in [0.25, 0.3) is 5.91 Å². The molecule has 0 fully saturated rings. The van der Waals surface area contributed by atoms with Gasteiger partial charge < -0.3 is 18.9 Å². The van der Waals surface area contributed by atoms with Gasteiger partial charge in [-0.3, -0.25) is 4.79 Å². The lowest BCUT2D eigenvalue weighted by molar-refractivity contribution is 0.0937. The van der Waals surface area contributed by atoms with Crippen molar-refractivity contribution in [2.75, 3.05) is 0 Å². The first kappa shape index (κ1) is 13.1. The topological polar surface area (TPSA) is 99.0 Å². The Labute approximate surface area is 119 Å². The van der Waals surface area contributed by atoms with Crippen molar-refractivity contribution >= 4 is 5.91 Å². The van der Waals surface area contributed by atoms with Gasteiger partial charge in [-0.25, -0.2) is 0 Å². The first-order chi connectivity index (χ1) is 10.1. The standard InChI is InChI=1S/C13H13N5O3/c1-8-6-9(16-20-8)13(19)14-7-11-15-12(17-21-11)10-4-3-5-18(10)2/h3-6H,7H2,1-2H3,(H,14,19). The Morgan fingerprint density at radius 3 is 2.90 bits per heavy atom. The van der Waals surface area contributed by atoms with Crippen molar-refractivity contribution in [1.82, 2.24) is 25.2 Å². The fourth-order valence-corrected chi connectivity index (χ4v) is 1.84. The molecule has 8 nitrogen and oxygen atoms in total. The van der Waals surface area contributed by atoms with E-state index in [1.54, 1.807) is 13.0 Å². The first-order valence-corrected chi connectivity index (χ1v) is 6.29. The fraction of sp³-hybridized carbons (Fsp3) is 0.231. The highest BCUT2D eigenvalue weighted by molar-refractivity contribution is 5.92. The minimum atomic E-state index is -0.356. The highest BCUT2D eigenvalue weighted by Gasteiger charge is 2.14. The number of nitrogens with zero attached hydrogens (tertiary/aromatic N) is 4. The summed E-state index contributed by atoms with van der Waals surface area (Å²) in [6.45, 7) is 1.84. The average Bonchev–Trinajstić information content (AvgIpc) is 3.16. The molecular formula is C13H13N5O3. The molecule has 0 aliphatic heterocycles. The highest BCUT2D eigenvalue weighted by atomic mass is 16.5. The molecule has 0 aromatic carbocycles. The number of rotatable bonds is 4. The number of hydrogen-bond acceptors (Lipinski definition) is 6. The first-order valence-electron chi connectivity index (χ1n) is 6.29. The zero-order valence-corrected chi connectivity index (χ0v) is 11.5. The summed E-state index contributed by atoms with van der Waals surface area (Å²) in [5.74, 6) is 1.01. The Kier molecular flexibility index (Phi) is 3.27. The lowest BCUT2D eigenvalue weighted by Crippen LogP contribution is -2.23. The van der Waals surface area contributed by atoms with Crippen molar-refractivity contribution in [2.24, 2.45) is 7.05 Å². The van der Waals surface area contributed by atoms with Gasteiger partial charge in [-0.2, -0.15) is 4.98 Å². The third-order valence-electron chi connectivity index (χ3n) is 2.90. The third kappa shape index (κ3) is 2.69. The van der Waals surface area contributed by atoms with Crippen molar-refractivity contribution in [3.8, 4) is 11.5 Å². The van der Waals surface area contributed by atoms with E-state index in [4.69, 9.17) is 9.05 Å². The van der Waals surface area contributed by atoms with E-state index in [1.165, 1.54) is 0 Å². The number of carbonyl (C=O) groups is 1. The van der Waals surface area contributed by atoms with Crippen molar-refractivity contribution in [3.05, 3.63) is 41.7 Å². The highest BCUT2D eigenvalue weighted by Crippen LogP contribution is 2.15. The van der Waals surface area contributed by atoms with E-state index in [9.17, 15) is 4.79 Å². The zero-order chi connectivity index (χ0) is 14.8. The molecule has 0 aliphatic carbocycles. The number of nitrogens with one attached hydrogen (secondary N) is 1. The molecule has 0 saturated heterocycles. The summed E-state index contributed by atoms with van der Waals surface area (Å²) in [5, 5.41) is 10.1. The summed E-state index contributed by atoms with van der Waals surface area (Å²) < 4.78 is 11.8. The summed E-state index contributed by atoms with van der Waals surface area (Å²) in [5.41, 5.74) is 1.05. The molecule has 0 aliphatic rings. The zero-order valence-electron chi connectivity index (χ0n) is 11.5. The van der Waals surface area contributed by atoms with Crippen molar-refractivity contribution in [2.45, 2.75) is 13.5 Å². The van der Waals surface area contributed by atoms with Gasteiger partial charge in [-0.1, -0.05) is 10.3 Å². The van der Waals surface area contributed by atoms with Crippen molar-refractivity contribution in [1.29, 1.82) is 0 Å². The van der Waals surface area contributed by atoms with E-state index in [1.807, 2.05) is 29.9 Å². The van der Waals surface area contributed by atoms with Gasteiger partial charge in [0.1, 0.15) is 5.76 Å². The minimum absolute atomic E-state index is 0.127. The monoisotopic (exact) mass is 287 g/mol. The molecule has 0 atom stereocenters. The average molecular weight is 287 g/mol. The molecular weight excluding hydrogens is 274 g/mol. The second-order valence-corrected chi connectivity index (χ2v) is 4.52. The molecule has 0 saturated carbocycles. The Balaban J connectivity index is 1.65. The van der Waals surface area contributed by atoms with Crippen LogP contribution in [-0.2, 0) is 13.6 Å². The van der Waals surface area contributed by atoms with Crippen LogP contribution in [0.25, 0.3) is 11.5 Å². The predicted octanol–water partition coefficient (Wildman–Crippen LogP) is 1.30. The van der Waals surface area contributed by atoms with E-state index in [0.29, 0.717) is 17.5 Å². The predicted molar refractivity (Wildman–Crippen MR) is 71.1 cm³/mol. The molecule has 108 valence electrons. The summed E-state index contributed by atoms with van der Waals surface area (Å²) in [7, 11) is 1.89. The lowest BCUT2D eigenvalue weighted by atomic mass is 10.3. The van der Waals surface area contributed by atoms with Crippen LogP contribution in [0.5, 0.6) is 0 Å². The molecule has 3 aromatic heterocycles. The molecule has 1 N–H and O–H groups in total. The maximum absolute atomic E-state index is 11.8. The van der Waals surface area contributed by atoms with E-state index in [2.05, 4.69) is 20.6 Å². The van der Waals surface area contributed by atoms with E-state index >= 15 is 0 Å². The van der Waals surface area contributed by atoms with Gasteiger partial charge in [-0.15, -0.1) is 0 Å². The van der Waals surface area contributed by atoms with Crippen LogP contribution in [0.4, 0.5) is 0 Å². The number of hydrogen-bond donors (Lipinski definition) is 1. The van der Waals surface area contributed by atoms with Crippen LogP contribution in [0.3, 0.4) is 0 Å². The molecule has 3 aromatic rings. The van der Waals surface area contributed by atoms with E-state index < -0.39 is 0 Å². The Bertz CT molecular complexity index is 770. The third-order valence-corrected chi connectivity index (χ3v) is 2.90. The van der Waals surface area contributed by atoms with Gasteiger partial charge in [0.2, 0.25) is 11.7 Å². The number of carbonyl (C=O) groups excluding carboxylic acids is 1. The fourth-order valence-electron chi connectivity index (χ4n) is 1.84. The normalized spacial score (nSPS) is 10.8. The largest absolute Gasteiger partial charge is 0.361 e. The number of aromatic nitrogens is 4. The van der Waals surface area contributed by atoms with Crippen LogP contribution in [0.1, 0.15) is 22.1 Å². The van der Waals surface area contributed by atoms with Crippen LogP contribution in [0, 0.1) is 6.92 Å². The summed E-state index contributed by atoms with van der Waals surface area (Å²) in [4.78, 5) is 16.0. The molecule has 8 heteroatoms. The van der Waals surface area contributed by atoms with E-state index in [0.717, 1.165) is 5.69 Å². The molecule has 21 heavy (non-hydrogen) atoms. The Morgan fingerprint density at radius 1 is 1.38 bits per heavy atom. The second kappa shape index (κ2) is 5.23.